The number of rotatable bonds is 3. The summed E-state index contributed by atoms with van der Waals surface area (Å²) >= 11 is 1.17. The third-order valence-corrected chi connectivity index (χ3v) is 2.92. The lowest BCUT2D eigenvalue weighted by Crippen LogP contribution is -2.11. The number of carbonyl (C=O) groups excluding carboxylic acids is 2. The van der Waals surface area contributed by atoms with Crippen LogP contribution in [0.5, 0.6) is 0 Å². The van der Waals surface area contributed by atoms with Crippen LogP contribution in [0.4, 0.5) is 9.93 Å². The van der Waals surface area contributed by atoms with Gasteiger partial charge in [-0.05, 0) is 0 Å². The van der Waals surface area contributed by atoms with Gasteiger partial charge in [0.05, 0.1) is 7.11 Å². The number of benzene rings is 1. The fraction of sp³-hybridized carbons (Fsp3) is 0.0833. The monoisotopic (exact) mass is 262 g/mol. The van der Waals surface area contributed by atoms with Crippen LogP contribution < -0.4 is 5.32 Å². The Bertz CT molecular complexity index is 566. The summed E-state index contributed by atoms with van der Waals surface area (Å²) < 4.78 is 4.44. The Morgan fingerprint density at radius 1 is 1.28 bits per heavy atom. The minimum atomic E-state index is -0.608. The van der Waals surface area contributed by atoms with Crippen molar-refractivity contribution in [3.63, 3.8) is 0 Å². The van der Waals surface area contributed by atoms with Crippen molar-refractivity contribution in [3.05, 3.63) is 47.0 Å². The molecule has 1 N–H and O–H groups in total. The van der Waals surface area contributed by atoms with Crippen LogP contribution in [-0.4, -0.2) is 24.0 Å². The molecule has 0 saturated heterocycles. The average molecular weight is 262 g/mol. The quantitative estimate of drug-likeness (QED) is 0.863. The third-order valence-electron chi connectivity index (χ3n) is 2.17. The lowest BCUT2D eigenvalue weighted by molar-refractivity contribution is 0.103. The largest absolute Gasteiger partial charge is 0.453 e. The molecular weight excluding hydrogens is 252 g/mol. The molecule has 1 heterocycles. The molecule has 2 rings (SSSR count). The SMILES string of the molecule is COC(=O)Nc1nc(C(=O)c2ccccc2)cs1. The van der Waals surface area contributed by atoms with Crippen LogP contribution in [0.1, 0.15) is 16.1 Å². The van der Waals surface area contributed by atoms with Crippen molar-refractivity contribution in [3.8, 4) is 0 Å². The average Bonchev–Trinajstić information content (AvgIpc) is 2.87. The lowest BCUT2D eigenvalue weighted by Gasteiger charge is -1.98. The van der Waals surface area contributed by atoms with Crippen molar-refractivity contribution in [2.75, 3.05) is 12.4 Å². The van der Waals surface area contributed by atoms with Gasteiger partial charge in [-0.25, -0.2) is 9.78 Å². The van der Waals surface area contributed by atoms with E-state index in [9.17, 15) is 9.59 Å². The predicted octanol–water partition coefficient (Wildman–Crippen LogP) is 2.55. The van der Waals surface area contributed by atoms with E-state index in [4.69, 9.17) is 0 Å². The summed E-state index contributed by atoms with van der Waals surface area (Å²) in [6, 6.07) is 8.84. The standard InChI is InChI=1S/C12H10N2O3S/c1-17-12(16)14-11-13-9(7-18-11)10(15)8-5-3-2-4-6-8/h2-7H,1H3,(H,13,14,16). The molecule has 6 heteroatoms. The number of aromatic nitrogens is 1. The van der Waals surface area contributed by atoms with E-state index in [2.05, 4.69) is 15.0 Å². The molecule has 0 bridgehead atoms. The lowest BCUT2D eigenvalue weighted by atomic mass is 10.1. The molecule has 5 nitrogen and oxygen atoms in total. The van der Waals surface area contributed by atoms with Crippen molar-refractivity contribution in [1.29, 1.82) is 0 Å². The molecule has 92 valence electrons. The smallest absolute Gasteiger partial charge is 0.413 e. The first kappa shape index (κ1) is 12.3. The summed E-state index contributed by atoms with van der Waals surface area (Å²) in [4.78, 5) is 27.0. The van der Waals surface area contributed by atoms with E-state index in [0.717, 1.165) is 0 Å². The van der Waals surface area contributed by atoms with Crippen LogP contribution in [0, 0.1) is 0 Å². The van der Waals surface area contributed by atoms with E-state index in [1.54, 1.807) is 29.6 Å². The number of hydrogen-bond donors (Lipinski definition) is 1. The Kier molecular flexibility index (Phi) is 3.69. The Hall–Kier alpha value is -2.21. The molecule has 1 aromatic carbocycles. The van der Waals surface area contributed by atoms with Gasteiger partial charge in [0, 0.05) is 10.9 Å². The Morgan fingerprint density at radius 2 is 2.00 bits per heavy atom. The van der Waals surface area contributed by atoms with Crippen molar-refractivity contribution >= 4 is 28.3 Å². The second-order valence-corrected chi connectivity index (χ2v) is 4.21. The molecule has 0 atom stereocenters. The number of carbonyl (C=O) groups is 2. The van der Waals surface area contributed by atoms with E-state index in [1.807, 2.05) is 6.07 Å². The Labute approximate surface area is 107 Å². The fourth-order valence-electron chi connectivity index (χ4n) is 1.31. The number of amides is 1. The molecule has 1 amide bonds. The van der Waals surface area contributed by atoms with Crippen LogP contribution in [0.3, 0.4) is 0 Å². The number of hydrogen-bond acceptors (Lipinski definition) is 5. The second-order valence-electron chi connectivity index (χ2n) is 3.35. The number of anilines is 1. The maximum Gasteiger partial charge on any atom is 0.413 e. The minimum Gasteiger partial charge on any atom is -0.453 e. The van der Waals surface area contributed by atoms with Crippen LogP contribution in [0.25, 0.3) is 0 Å². The molecule has 0 spiro atoms. The molecule has 0 radical (unpaired) electrons. The summed E-state index contributed by atoms with van der Waals surface area (Å²) in [5.41, 5.74) is 0.866. The fourth-order valence-corrected chi connectivity index (χ4v) is 1.99. The van der Waals surface area contributed by atoms with Gasteiger partial charge in [-0.1, -0.05) is 30.3 Å². The maximum absolute atomic E-state index is 12.0. The van der Waals surface area contributed by atoms with Crippen LogP contribution in [0.2, 0.25) is 0 Å². The molecule has 0 fully saturated rings. The van der Waals surface area contributed by atoms with Crippen molar-refractivity contribution in [1.82, 2.24) is 4.98 Å². The number of ketones is 1. The van der Waals surface area contributed by atoms with Crippen LogP contribution in [0.15, 0.2) is 35.7 Å². The molecule has 0 aliphatic carbocycles. The molecule has 1 aromatic heterocycles. The number of nitrogens with one attached hydrogen (secondary N) is 1. The summed E-state index contributed by atoms with van der Waals surface area (Å²) in [7, 11) is 1.26. The van der Waals surface area contributed by atoms with Gasteiger partial charge in [-0.2, -0.15) is 0 Å². The Balaban J connectivity index is 2.15. The van der Waals surface area contributed by atoms with Gasteiger partial charge < -0.3 is 4.74 Å². The molecule has 0 aliphatic rings. The highest BCUT2D eigenvalue weighted by Gasteiger charge is 2.13. The van der Waals surface area contributed by atoms with Gasteiger partial charge in [0.2, 0.25) is 5.78 Å². The number of thiazole rings is 1. The zero-order valence-corrected chi connectivity index (χ0v) is 10.4. The van der Waals surface area contributed by atoms with Gasteiger partial charge in [0.25, 0.3) is 0 Å². The second kappa shape index (κ2) is 5.42. The molecule has 0 saturated carbocycles. The van der Waals surface area contributed by atoms with Gasteiger partial charge in [0.1, 0.15) is 5.69 Å². The summed E-state index contributed by atoms with van der Waals surface area (Å²) in [6.07, 6.45) is -0.608. The molecule has 2 aromatic rings. The van der Waals surface area contributed by atoms with Crippen LogP contribution in [-0.2, 0) is 4.74 Å². The first-order valence-corrected chi connectivity index (χ1v) is 5.99. The Morgan fingerprint density at radius 3 is 2.67 bits per heavy atom. The molecule has 18 heavy (non-hydrogen) atoms. The first-order chi connectivity index (χ1) is 8.70. The normalized spacial score (nSPS) is 9.83. The van der Waals surface area contributed by atoms with E-state index < -0.39 is 6.09 Å². The molecular formula is C12H10N2O3S. The van der Waals surface area contributed by atoms with Gasteiger partial charge >= 0.3 is 6.09 Å². The van der Waals surface area contributed by atoms with Gasteiger partial charge in [-0.15, -0.1) is 11.3 Å². The van der Waals surface area contributed by atoms with E-state index in [-0.39, 0.29) is 5.78 Å². The number of ether oxygens (including phenoxy) is 1. The highest BCUT2D eigenvalue weighted by molar-refractivity contribution is 7.14. The highest BCUT2D eigenvalue weighted by atomic mass is 32.1. The van der Waals surface area contributed by atoms with Crippen LogP contribution >= 0.6 is 11.3 Å². The minimum absolute atomic E-state index is 0.176. The summed E-state index contributed by atoms with van der Waals surface area (Å²) in [5, 5.41) is 4.34. The topological polar surface area (TPSA) is 68.3 Å². The van der Waals surface area contributed by atoms with Crippen molar-refractivity contribution < 1.29 is 14.3 Å². The van der Waals surface area contributed by atoms with Gasteiger partial charge in [-0.3, -0.25) is 10.1 Å². The highest BCUT2D eigenvalue weighted by Crippen LogP contribution is 2.18. The summed E-state index contributed by atoms with van der Waals surface area (Å²) in [5.74, 6) is -0.176. The molecule has 0 unspecified atom stereocenters. The van der Waals surface area contributed by atoms with E-state index >= 15 is 0 Å². The number of nitrogens with zero attached hydrogens (tertiary/aromatic N) is 1. The van der Waals surface area contributed by atoms with Crippen molar-refractivity contribution in [2.24, 2.45) is 0 Å². The third kappa shape index (κ3) is 2.72. The zero-order chi connectivity index (χ0) is 13.0. The number of methoxy groups -OCH3 is 1. The summed E-state index contributed by atoms with van der Waals surface area (Å²) in [6.45, 7) is 0. The molecule has 0 aliphatic heterocycles. The van der Waals surface area contributed by atoms with Crippen molar-refractivity contribution in [2.45, 2.75) is 0 Å². The zero-order valence-electron chi connectivity index (χ0n) is 9.54. The van der Waals surface area contributed by atoms with Gasteiger partial charge in [0.15, 0.2) is 5.13 Å². The van der Waals surface area contributed by atoms with E-state index in [1.165, 1.54) is 18.4 Å². The van der Waals surface area contributed by atoms with E-state index in [0.29, 0.717) is 16.4 Å². The first-order valence-electron chi connectivity index (χ1n) is 5.11. The maximum atomic E-state index is 12.0. The predicted molar refractivity (Wildman–Crippen MR) is 68.0 cm³/mol.